The summed E-state index contributed by atoms with van der Waals surface area (Å²) in [6.45, 7) is 0. The fourth-order valence-corrected chi connectivity index (χ4v) is 1.62. The van der Waals surface area contributed by atoms with Gasteiger partial charge in [-0.05, 0) is 30.3 Å². The van der Waals surface area contributed by atoms with E-state index in [2.05, 4.69) is 5.32 Å². The number of amides is 1. The van der Waals surface area contributed by atoms with Crippen LogP contribution in [0, 0.1) is 5.82 Å². The van der Waals surface area contributed by atoms with Crippen LogP contribution in [0.25, 0.3) is 0 Å². The summed E-state index contributed by atoms with van der Waals surface area (Å²) in [5.74, 6) is -0.383. The van der Waals surface area contributed by atoms with Gasteiger partial charge in [0.15, 0.2) is 0 Å². The molecule has 1 amide bonds. The molecule has 2 aromatic carbocycles. The number of carbonyl (C=O) groups excluding carboxylic acids is 1. The van der Waals surface area contributed by atoms with Crippen molar-refractivity contribution in [2.75, 3.05) is 18.2 Å². The van der Waals surface area contributed by atoms with Crippen LogP contribution in [0.5, 0.6) is 5.75 Å². The summed E-state index contributed by atoms with van der Waals surface area (Å²) in [4.78, 5) is 11.9. The normalized spacial score (nSPS) is 10.0. The second-order valence-electron chi connectivity index (χ2n) is 3.92. The minimum absolute atomic E-state index is 0.246. The monoisotopic (exact) mass is 260 g/mol. The summed E-state index contributed by atoms with van der Waals surface area (Å²) < 4.78 is 18.1. The van der Waals surface area contributed by atoms with Crippen molar-refractivity contribution in [1.29, 1.82) is 0 Å². The minimum atomic E-state index is -0.456. The summed E-state index contributed by atoms with van der Waals surface area (Å²) in [5, 5.41) is 2.65. The smallest absolute Gasteiger partial charge is 0.255 e. The third-order valence-electron chi connectivity index (χ3n) is 2.58. The fourth-order valence-electron chi connectivity index (χ4n) is 1.62. The van der Waals surface area contributed by atoms with E-state index in [1.807, 2.05) is 0 Å². The van der Waals surface area contributed by atoms with Gasteiger partial charge in [-0.2, -0.15) is 0 Å². The second kappa shape index (κ2) is 5.39. The van der Waals surface area contributed by atoms with Gasteiger partial charge in [-0.25, -0.2) is 4.39 Å². The largest absolute Gasteiger partial charge is 0.495 e. The van der Waals surface area contributed by atoms with Crippen LogP contribution in [-0.2, 0) is 0 Å². The van der Waals surface area contributed by atoms with Crippen molar-refractivity contribution in [3.63, 3.8) is 0 Å². The zero-order valence-corrected chi connectivity index (χ0v) is 10.3. The Morgan fingerprint density at radius 2 is 2.05 bits per heavy atom. The number of carbonyl (C=O) groups is 1. The Kier molecular flexibility index (Phi) is 3.66. The molecule has 2 aromatic rings. The summed E-state index contributed by atoms with van der Waals surface area (Å²) in [6, 6.07) is 10.3. The molecule has 0 atom stereocenters. The van der Waals surface area contributed by atoms with E-state index in [9.17, 15) is 9.18 Å². The van der Waals surface area contributed by atoms with Crippen LogP contribution in [-0.4, -0.2) is 13.0 Å². The molecule has 0 aliphatic heterocycles. The average molecular weight is 260 g/mol. The Morgan fingerprint density at radius 3 is 2.74 bits per heavy atom. The number of rotatable bonds is 3. The van der Waals surface area contributed by atoms with E-state index >= 15 is 0 Å². The molecule has 19 heavy (non-hydrogen) atoms. The Morgan fingerprint density at radius 1 is 1.26 bits per heavy atom. The predicted octanol–water partition coefficient (Wildman–Crippen LogP) is 2.67. The first-order valence-corrected chi connectivity index (χ1v) is 5.60. The van der Waals surface area contributed by atoms with Crippen molar-refractivity contribution in [3.8, 4) is 5.75 Å². The van der Waals surface area contributed by atoms with Crippen LogP contribution in [0.15, 0.2) is 42.5 Å². The first kappa shape index (κ1) is 12.9. The lowest BCUT2D eigenvalue weighted by Gasteiger charge is -2.09. The molecule has 0 aromatic heterocycles. The second-order valence-corrected chi connectivity index (χ2v) is 3.92. The molecule has 0 saturated heterocycles. The number of nitrogens with one attached hydrogen (secondary N) is 1. The third-order valence-corrected chi connectivity index (χ3v) is 2.58. The molecular formula is C14H13FN2O2. The van der Waals surface area contributed by atoms with Gasteiger partial charge < -0.3 is 15.8 Å². The van der Waals surface area contributed by atoms with E-state index in [1.54, 1.807) is 18.2 Å². The number of nitrogen functional groups attached to an aromatic ring is 1. The molecule has 4 nitrogen and oxygen atoms in total. The van der Waals surface area contributed by atoms with Crippen molar-refractivity contribution in [1.82, 2.24) is 0 Å². The number of nitrogens with two attached hydrogens (primary N) is 1. The highest BCUT2D eigenvalue weighted by atomic mass is 19.1. The van der Waals surface area contributed by atoms with Crippen LogP contribution in [0.1, 0.15) is 10.4 Å². The Balaban J connectivity index is 2.19. The summed E-state index contributed by atoms with van der Waals surface area (Å²) in [5.41, 5.74) is 6.93. The molecule has 0 bridgehead atoms. The molecule has 2 rings (SSSR count). The lowest BCUT2D eigenvalue weighted by Crippen LogP contribution is -2.12. The van der Waals surface area contributed by atoms with Gasteiger partial charge in [0, 0.05) is 17.3 Å². The van der Waals surface area contributed by atoms with Crippen molar-refractivity contribution < 1.29 is 13.9 Å². The van der Waals surface area contributed by atoms with Gasteiger partial charge in [-0.15, -0.1) is 0 Å². The number of ether oxygens (including phenoxy) is 1. The fraction of sp³-hybridized carbons (Fsp3) is 0.0714. The topological polar surface area (TPSA) is 64.3 Å². The molecule has 0 spiro atoms. The molecule has 5 heteroatoms. The van der Waals surface area contributed by atoms with Crippen LogP contribution < -0.4 is 15.8 Å². The third kappa shape index (κ3) is 3.01. The molecule has 0 aliphatic rings. The summed E-state index contributed by atoms with van der Waals surface area (Å²) in [6.07, 6.45) is 0. The van der Waals surface area contributed by atoms with E-state index in [1.165, 1.54) is 31.4 Å². The van der Waals surface area contributed by atoms with Gasteiger partial charge in [0.05, 0.1) is 12.8 Å². The van der Waals surface area contributed by atoms with Crippen molar-refractivity contribution in [3.05, 3.63) is 53.8 Å². The van der Waals surface area contributed by atoms with Crippen LogP contribution >= 0.6 is 0 Å². The molecule has 0 radical (unpaired) electrons. The molecule has 0 aliphatic carbocycles. The predicted molar refractivity (Wildman–Crippen MR) is 71.8 cm³/mol. The molecule has 3 N–H and O–H groups in total. The Hall–Kier alpha value is -2.56. The van der Waals surface area contributed by atoms with E-state index in [0.717, 1.165) is 0 Å². The number of methoxy groups -OCH3 is 1. The van der Waals surface area contributed by atoms with Gasteiger partial charge in [0.2, 0.25) is 0 Å². The van der Waals surface area contributed by atoms with E-state index in [0.29, 0.717) is 17.1 Å². The molecule has 0 unspecified atom stereocenters. The van der Waals surface area contributed by atoms with Crippen LogP contribution in [0.2, 0.25) is 0 Å². The number of hydrogen-bond acceptors (Lipinski definition) is 3. The highest BCUT2D eigenvalue weighted by Gasteiger charge is 2.08. The number of halogens is 1. The summed E-state index contributed by atoms with van der Waals surface area (Å²) in [7, 11) is 1.49. The Labute approximate surface area is 110 Å². The highest BCUT2D eigenvalue weighted by molar-refractivity contribution is 6.04. The number of benzene rings is 2. The summed E-state index contributed by atoms with van der Waals surface area (Å²) >= 11 is 0. The van der Waals surface area contributed by atoms with E-state index < -0.39 is 11.7 Å². The van der Waals surface area contributed by atoms with E-state index in [4.69, 9.17) is 10.5 Å². The van der Waals surface area contributed by atoms with Gasteiger partial charge >= 0.3 is 0 Å². The van der Waals surface area contributed by atoms with Gasteiger partial charge in [0.25, 0.3) is 5.91 Å². The maximum absolute atomic E-state index is 13.0. The zero-order valence-electron chi connectivity index (χ0n) is 10.3. The van der Waals surface area contributed by atoms with Crippen LogP contribution in [0.4, 0.5) is 15.8 Å². The maximum atomic E-state index is 13.0. The van der Waals surface area contributed by atoms with Crippen molar-refractivity contribution in [2.24, 2.45) is 0 Å². The first-order chi connectivity index (χ1) is 9.10. The van der Waals surface area contributed by atoms with Gasteiger partial charge in [-0.1, -0.05) is 6.07 Å². The molecule has 0 heterocycles. The molecule has 0 fully saturated rings. The van der Waals surface area contributed by atoms with E-state index in [-0.39, 0.29) is 5.56 Å². The average Bonchev–Trinajstić information content (AvgIpc) is 2.41. The molecular weight excluding hydrogens is 247 g/mol. The van der Waals surface area contributed by atoms with Crippen molar-refractivity contribution in [2.45, 2.75) is 0 Å². The quantitative estimate of drug-likeness (QED) is 0.834. The standard InChI is InChI=1S/C14H13FN2O2/c1-19-13-8-11(5-6-12(13)16)17-14(18)9-3-2-4-10(15)7-9/h2-8H,16H2,1H3,(H,17,18). The zero-order chi connectivity index (χ0) is 13.8. The molecule has 98 valence electrons. The van der Waals surface area contributed by atoms with Crippen molar-refractivity contribution >= 4 is 17.3 Å². The van der Waals surface area contributed by atoms with Crippen LogP contribution in [0.3, 0.4) is 0 Å². The first-order valence-electron chi connectivity index (χ1n) is 5.60. The van der Waals surface area contributed by atoms with Gasteiger partial charge in [0.1, 0.15) is 11.6 Å². The maximum Gasteiger partial charge on any atom is 0.255 e. The minimum Gasteiger partial charge on any atom is -0.495 e. The molecule has 0 saturated carbocycles. The lowest BCUT2D eigenvalue weighted by molar-refractivity contribution is 0.102. The van der Waals surface area contributed by atoms with Gasteiger partial charge in [-0.3, -0.25) is 4.79 Å². The number of hydrogen-bond donors (Lipinski definition) is 2. The Bertz CT molecular complexity index is 614. The lowest BCUT2D eigenvalue weighted by atomic mass is 10.2. The SMILES string of the molecule is COc1cc(NC(=O)c2cccc(F)c2)ccc1N. The number of anilines is 2. The highest BCUT2D eigenvalue weighted by Crippen LogP contribution is 2.25.